The van der Waals surface area contributed by atoms with Crippen LogP contribution in [0.4, 0.5) is 8.78 Å². The van der Waals surface area contributed by atoms with Gasteiger partial charge in [0.05, 0.1) is 0 Å². The van der Waals surface area contributed by atoms with Crippen molar-refractivity contribution in [2.75, 3.05) is 0 Å². The highest BCUT2D eigenvalue weighted by Gasteiger charge is 2.23. The molecule has 158 valence electrons. The molecule has 0 fully saturated rings. The number of nitrogens with zero attached hydrogens (tertiary/aromatic N) is 2. The van der Waals surface area contributed by atoms with Crippen molar-refractivity contribution in [1.29, 1.82) is 5.26 Å². The van der Waals surface area contributed by atoms with Crippen molar-refractivity contribution in [3.63, 3.8) is 0 Å². The molecule has 0 radical (unpaired) electrons. The van der Waals surface area contributed by atoms with E-state index in [1.807, 2.05) is 19.9 Å². The van der Waals surface area contributed by atoms with Crippen molar-refractivity contribution in [3.05, 3.63) is 64.0 Å². The van der Waals surface area contributed by atoms with Crippen molar-refractivity contribution < 1.29 is 23.1 Å². The summed E-state index contributed by atoms with van der Waals surface area (Å²) in [4.78, 5) is 24.8. The van der Waals surface area contributed by atoms with E-state index in [1.54, 1.807) is 6.07 Å². The first kappa shape index (κ1) is 23.0. The summed E-state index contributed by atoms with van der Waals surface area (Å²) in [5.41, 5.74) is 2.23. The minimum atomic E-state index is -1.27. The van der Waals surface area contributed by atoms with Gasteiger partial charge in [-0.15, -0.1) is 0 Å². The number of halogens is 2. The molecule has 0 bridgehead atoms. The lowest BCUT2D eigenvalue weighted by atomic mass is 10.1. The van der Waals surface area contributed by atoms with E-state index in [-0.39, 0.29) is 11.1 Å². The maximum Gasteiger partial charge on any atom is 0.349 e. The van der Waals surface area contributed by atoms with Crippen LogP contribution in [0.15, 0.2) is 29.8 Å². The zero-order valence-electron chi connectivity index (χ0n) is 17.6. The minimum absolute atomic E-state index is 0.131. The van der Waals surface area contributed by atoms with Gasteiger partial charge in [-0.25, -0.2) is 13.6 Å². The fourth-order valence-electron chi connectivity index (χ4n) is 3.07. The lowest BCUT2D eigenvalue weighted by Gasteiger charge is -2.13. The molecule has 0 spiro atoms. The minimum Gasteiger partial charge on any atom is -0.450 e. The molecule has 1 heterocycles. The van der Waals surface area contributed by atoms with Gasteiger partial charge < -0.3 is 9.30 Å². The first-order valence-electron chi connectivity index (χ1n) is 9.53. The molecule has 1 aromatic carbocycles. The van der Waals surface area contributed by atoms with Crippen molar-refractivity contribution in [2.45, 2.75) is 47.3 Å². The lowest BCUT2D eigenvalue weighted by molar-refractivity contribution is -0.141. The van der Waals surface area contributed by atoms with Gasteiger partial charge in [0.25, 0.3) is 0 Å². The molecule has 1 unspecified atom stereocenters. The van der Waals surface area contributed by atoms with E-state index in [2.05, 4.69) is 18.4 Å². The summed E-state index contributed by atoms with van der Waals surface area (Å²) in [6.45, 7) is 10.1. The van der Waals surface area contributed by atoms with Gasteiger partial charge in [-0.05, 0) is 62.6 Å². The number of nitriles is 1. The molecule has 2 rings (SSSR count). The van der Waals surface area contributed by atoms with Crippen LogP contribution >= 0.6 is 0 Å². The number of hydrogen-bond acceptors (Lipinski definition) is 4. The molecule has 1 aromatic heterocycles. The quantitative estimate of drug-likeness (QED) is 0.283. The summed E-state index contributed by atoms with van der Waals surface area (Å²) in [5, 5.41) is 9.40. The van der Waals surface area contributed by atoms with Crippen molar-refractivity contribution >= 4 is 17.8 Å². The Labute approximate surface area is 174 Å². The largest absolute Gasteiger partial charge is 0.450 e. The molecule has 0 saturated carbocycles. The maximum absolute atomic E-state index is 13.4. The average molecular weight is 414 g/mol. The number of aryl methyl sites for hydroxylation is 1. The molecule has 0 saturated heterocycles. The van der Waals surface area contributed by atoms with Gasteiger partial charge in [0.1, 0.15) is 11.6 Å². The van der Waals surface area contributed by atoms with Gasteiger partial charge in [0.2, 0.25) is 5.78 Å². The molecule has 0 aliphatic carbocycles. The third kappa shape index (κ3) is 5.20. The summed E-state index contributed by atoms with van der Waals surface area (Å²) >= 11 is 0. The van der Waals surface area contributed by atoms with Crippen LogP contribution in [0.1, 0.15) is 48.1 Å². The molecule has 5 nitrogen and oxygen atoms in total. The van der Waals surface area contributed by atoms with Crippen LogP contribution in [0.2, 0.25) is 0 Å². The Bertz CT molecular complexity index is 1050. The third-order valence-corrected chi connectivity index (χ3v) is 4.66. The second-order valence-corrected chi connectivity index (χ2v) is 7.54. The zero-order chi connectivity index (χ0) is 22.6. The van der Waals surface area contributed by atoms with Crippen molar-refractivity contribution in [2.24, 2.45) is 5.92 Å². The van der Waals surface area contributed by atoms with Gasteiger partial charge in [-0.1, -0.05) is 13.8 Å². The number of carbonyl (C=O) groups is 2. The number of carbonyl (C=O) groups excluding carboxylic acids is 2. The van der Waals surface area contributed by atoms with Crippen LogP contribution in [-0.4, -0.2) is 22.4 Å². The van der Waals surface area contributed by atoms with Crippen LogP contribution in [0.25, 0.3) is 6.08 Å². The number of aromatic nitrogens is 1. The standard InChI is InChI=1S/C23H24F2N2O3/c1-13(2)12-27-14(3)8-18(15(27)4)9-19(11-26)23(29)30-16(5)22(28)17-6-7-20(24)21(25)10-17/h6-10,13,16H,12H2,1-5H3. The second kappa shape index (κ2) is 9.49. The van der Waals surface area contributed by atoms with Gasteiger partial charge >= 0.3 is 5.97 Å². The Balaban J connectivity index is 2.21. The molecule has 0 aliphatic heterocycles. The fourth-order valence-corrected chi connectivity index (χ4v) is 3.07. The van der Waals surface area contributed by atoms with E-state index in [9.17, 15) is 23.6 Å². The first-order valence-corrected chi connectivity index (χ1v) is 9.53. The summed E-state index contributed by atoms with van der Waals surface area (Å²) in [7, 11) is 0. The highest BCUT2D eigenvalue weighted by Crippen LogP contribution is 2.20. The van der Waals surface area contributed by atoms with Crippen molar-refractivity contribution in [3.8, 4) is 6.07 Å². The summed E-state index contributed by atoms with van der Waals surface area (Å²) in [6, 6.07) is 6.35. The van der Waals surface area contributed by atoms with Gasteiger partial charge in [0.15, 0.2) is 17.7 Å². The number of rotatable bonds is 7. The highest BCUT2D eigenvalue weighted by atomic mass is 19.2. The molecular weight excluding hydrogens is 390 g/mol. The monoisotopic (exact) mass is 414 g/mol. The highest BCUT2D eigenvalue weighted by molar-refractivity contribution is 6.03. The molecule has 0 amide bonds. The Hall–Kier alpha value is -3.27. The van der Waals surface area contributed by atoms with Gasteiger partial charge in [-0.2, -0.15) is 5.26 Å². The van der Waals surface area contributed by atoms with E-state index in [0.29, 0.717) is 11.5 Å². The summed E-state index contributed by atoms with van der Waals surface area (Å²) in [6.07, 6.45) is 0.156. The third-order valence-electron chi connectivity index (χ3n) is 4.66. The predicted molar refractivity (Wildman–Crippen MR) is 109 cm³/mol. The van der Waals surface area contributed by atoms with Gasteiger partial charge in [0, 0.05) is 23.5 Å². The molecule has 0 N–H and O–H groups in total. The molecule has 2 aromatic rings. The zero-order valence-corrected chi connectivity index (χ0v) is 17.6. The van der Waals surface area contributed by atoms with E-state index >= 15 is 0 Å². The van der Waals surface area contributed by atoms with E-state index < -0.39 is 29.5 Å². The first-order chi connectivity index (χ1) is 14.0. The van der Waals surface area contributed by atoms with Crippen LogP contribution in [0.3, 0.4) is 0 Å². The van der Waals surface area contributed by atoms with Crippen LogP contribution in [-0.2, 0) is 16.1 Å². The fraction of sp³-hybridized carbons (Fsp3) is 0.348. The van der Waals surface area contributed by atoms with E-state index in [0.717, 1.165) is 36.1 Å². The number of benzene rings is 1. The lowest BCUT2D eigenvalue weighted by Crippen LogP contribution is -2.25. The number of Topliss-reactive ketones (excluding diaryl/α,β-unsaturated/α-hetero) is 1. The summed E-state index contributed by atoms with van der Waals surface area (Å²) in [5.74, 6) is -3.49. The predicted octanol–water partition coefficient (Wildman–Crippen LogP) is 4.76. The number of esters is 1. The van der Waals surface area contributed by atoms with Crippen LogP contribution < -0.4 is 0 Å². The number of ether oxygens (including phenoxy) is 1. The SMILES string of the molecule is Cc1cc(C=C(C#N)C(=O)OC(C)C(=O)c2ccc(F)c(F)c2)c(C)n1CC(C)C. The molecular formula is C23H24F2N2O3. The Kier molecular flexibility index (Phi) is 7.28. The summed E-state index contributed by atoms with van der Waals surface area (Å²) < 4.78 is 33.6. The van der Waals surface area contributed by atoms with E-state index in [4.69, 9.17) is 4.74 Å². The molecule has 7 heteroatoms. The molecule has 30 heavy (non-hydrogen) atoms. The average Bonchev–Trinajstić information content (AvgIpc) is 2.94. The Morgan fingerprint density at radius 2 is 1.83 bits per heavy atom. The smallest absolute Gasteiger partial charge is 0.349 e. The maximum atomic E-state index is 13.4. The Morgan fingerprint density at radius 3 is 2.40 bits per heavy atom. The van der Waals surface area contributed by atoms with Crippen molar-refractivity contribution in [1.82, 2.24) is 4.57 Å². The second-order valence-electron chi connectivity index (χ2n) is 7.54. The number of ketones is 1. The molecule has 0 aliphatic rings. The Morgan fingerprint density at radius 1 is 1.17 bits per heavy atom. The van der Waals surface area contributed by atoms with E-state index in [1.165, 1.54) is 13.0 Å². The van der Waals surface area contributed by atoms with Gasteiger partial charge in [-0.3, -0.25) is 4.79 Å². The number of hydrogen-bond donors (Lipinski definition) is 0. The molecule has 1 atom stereocenters. The topological polar surface area (TPSA) is 72.1 Å². The normalized spacial score (nSPS) is 12.6. The van der Waals surface area contributed by atoms with Crippen LogP contribution in [0, 0.1) is 42.7 Å². The van der Waals surface area contributed by atoms with Crippen LogP contribution in [0.5, 0.6) is 0 Å².